The minimum absolute atomic E-state index is 0.0249. The summed E-state index contributed by atoms with van der Waals surface area (Å²) in [7, 11) is 0. The third-order valence-corrected chi connectivity index (χ3v) is 6.25. The van der Waals surface area contributed by atoms with Crippen molar-refractivity contribution >= 4 is 34.1 Å². The van der Waals surface area contributed by atoms with Crippen molar-refractivity contribution in [2.45, 2.75) is 36.4 Å². The number of hydrogen-bond acceptors (Lipinski definition) is 5. The van der Waals surface area contributed by atoms with Gasteiger partial charge in [0.25, 0.3) is 0 Å². The SMILES string of the molecule is CC(CC(=O)Nc1nnc(SCCCc2ccccc2)s1)c1ccccc1. The van der Waals surface area contributed by atoms with Gasteiger partial charge < -0.3 is 5.32 Å². The molecule has 27 heavy (non-hydrogen) atoms. The second kappa shape index (κ2) is 10.2. The van der Waals surface area contributed by atoms with E-state index in [0.29, 0.717) is 11.6 Å². The number of nitrogens with zero attached hydrogens (tertiary/aromatic N) is 2. The molecule has 0 bridgehead atoms. The maximum atomic E-state index is 12.2. The molecule has 0 saturated heterocycles. The number of thioether (sulfide) groups is 1. The fourth-order valence-corrected chi connectivity index (χ4v) is 4.52. The average molecular weight is 398 g/mol. The van der Waals surface area contributed by atoms with Crippen LogP contribution >= 0.6 is 23.1 Å². The lowest BCUT2D eigenvalue weighted by Gasteiger charge is -2.10. The molecule has 6 heteroatoms. The summed E-state index contributed by atoms with van der Waals surface area (Å²) in [5.74, 6) is 1.14. The molecule has 1 unspecified atom stereocenters. The van der Waals surface area contributed by atoms with Gasteiger partial charge in [-0.2, -0.15) is 0 Å². The number of nitrogens with one attached hydrogen (secondary N) is 1. The highest BCUT2D eigenvalue weighted by atomic mass is 32.2. The van der Waals surface area contributed by atoms with Crippen molar-refractivity contribution in [3.8, 4) is 0 Å². The molecule has 1 amide bonds. The van der Waals surface area contributed by atoms with E-state index < -0.39 is 0 Å². The Kier molecular flexibility index (Phi) is 7.42. The van der Waals surface area contributed by atoms with Crippen molar-refractivity contribution in [2.75, 3.05) is 11.1 Å². The van der Waals surface area contributed by atoms with Gasteiger partial charge in [0.15, 0.2) is 4.34 Å². The van der Waals surface area contributed by atoms with E-state index in [1.54, 1.807) is 11.8 Å². The lowest BCUT2D eigenvalue weighted by molar-refractivity contribution is -0.116. The van der Waals surface area contributed by atoms with Crippen molar-refractivity contribution in [3.63, 3.8) is 0 Å². The van der Waals surface area contributed by atoms with Gasteiger partial charge in [-0.05, 0) is 29.9 Å². The van der Waals surface area contributed by atoms with E-state index in [4.69, 9.17) is 0 Å². The van der Waals surface area contributed by atoms with Crippen molar-refractivity contribution in [1.82, 2.24) is 10.2 Å². The minimum atomic E-state index is -0.0249. The molecular formula is C21H23N3OS2. The summed E-state index contributed by atoms with van der Waals surface area (Å²) < 4.78 is 0.898. The van der Waals surface area contributed by atoms with Crippen LogP contribution in [0.2, 0.25) is 0 Å². The molecular weight excluding hydrogens is 374 g/mol. The summed E-state index contributed by atoms with van der Waals surface area (Å²) in [6.45, 7) is 2.06. The Hall–Kier alpha value is -2.18. The van der Waals surface area contributed by atoms with Crippen molar-refractivity contribution in [1.29, 1.82) is 0 Å². The highest BCUT2D eigenvalue weighted by Gasteiger charge is 2.13. The Morgan fingerprint density at radius 3 is 2.52 bits per heavy atom. The molecule has 0 fully saturated rings. The predicted octanol–water partition coefficient (Wildman–Crippen LogP) is 5.40. The van der Waals surface area contributed by atoms with Crippen LogP contribution in [0.15, 0.2) is 65.0 Å². The normalized spacial score (nSPS) is 11.9. The number of carbonyl (C=O) groups excluding carboxylic acids is 1. The van der Waals surface area contributed by atoms with Gasteiger partial charge >= 0.3 is 0 Å². The lowest BCUT2D eigenvalue weighted by atomic mass is 9.98. The third kappa shape index (κ3) is 6.48. The molecule has 1 N–H and O–H groups in total. The van der Waals surface area contributed by atoms with Gasteiger partial charge in [0.1, 0.15) is 0 Å². The quantitative estimate of drug-likeness (QED) is 0.299. The van der Waals surface area contributed by atoms with Crippen LogP contribution in [0, 0.1) is 0 Å². The molecule has 1 heterocycles. The Balaban J connectivity index is 1.40. The van der Waals surface area contributed by atoms with Gasteiger partial charge in [0, 0.05) is 12.2 Å². The Morgan fingerprint density at radius 1 is 1.07 bits per heavy atom. The number of aromatic nitrogens is 2. The number of benzene rings is 2. The van der Waals surface area contributed by atoms with Crippen LogP contribution in [0.1, 0.15) is 36.8 Å². The standard InChI is InChI=1S/C21H23N3OS2/c1-16(18-12-6-3-7-13-18)15-19(25)22-20-23-24-21(27-20)26-14-8-11-17-9-4-2-5-10-17/h2-7,9-10,12-13,16H,8,11,14-15H2,1H3,(H,22,23,25). The van der Waals surface area contributed by atoms with Crippen LogP contribution in [0.3, 0.4) is 0 Å². The fraction of sp³-hybridized carbons (Fsp3) is 0.286. The zero-order valence-electron chi connectivity index (χ0n) is 15.3. The summed E-state index contributed by atoms with van der Waals surface area (Å²) in [4.78, 5) is 12.2. The Labute approximate surface area is 168 Å². The number of rotatable bonds is 9. The van der Waals surface area contributed by atoms with E-state index in [0.717, 1.165) is 22.9 Å². The fourth-order valence-electron chi connectivity index (χ4n) is 2.75. The molecule has 3 aromatic rings. The van der Waals surface area contributed by atoms with Crippen LogP contribution in [0.4, 0.5) is 5.13 Å². The molecule has 0 saturated carbocycles. The Morgan fingerprint density at radius 2 is 1.78 bits per heavy atom. The van der Waals surface area contributed by atoms with Crippen LogP contribution in [-0.2, 0) is 11.2 Å². The second-order valence-corrected chi connectivity index (χ2v) is 8.69. The van der Waals surface area contributed by atoms with E-state index in [1.807, 2.05) is 36.4 Å². The van der Waals surface area contributed by atoms with Crippen molar-refractivity contribution < 1.29 is 4.79 Å². The van der Waals surface area contributed by atoms with Gasteiger partial charge in [0.2, 0.25) is 11.0 Å². The van der Waals surface area contributed by atoms with Gasteiger partial charge in [-0.25, -0.2) is 0 Å². The van der Waals surface area contributed by atoms with Crippen LogP contribution < -0.4 is 5.32 Å². The second-order valence-electron chi connectivity index (χ2n) is 6.37. The van der Waals surface area contributed by atoms with Crippen LogP contribution in [0.5, 0.6) is 0 Å². The highest BCUT2D eigenvalue weighted by Crippen LogP contribution is 2.27. The zero-order valence-corrected chi connectivity index (χ0v) is 16.9. The van der Waals surface area contributed by atoms with E-state index in [9.17, 15) is 4.79 Å². The molecule has 4 nitrogen and oxygen atoms in total. The molecule has 1 atom stereocenters. The first-order valence-electron chi connectivity index (χ1n) is 9.06. The lowest BCUT2D eigenvalue weighted by Crippen LogP contribution is -2.14. The number of hydrogen-bond donors (Lipinski definition) is 1. The summed E-state index contributed by atoms with van der Waals surface area (Å²) in [6.07, 6.45) is 2.58. The molecule has 0 aliphatic heterocycles. The average Bonchev–Trinajstić information content (AvgIpc) is 3.14. The molecule has 1 aromatic heterocycles. The summed E-state index contributed by atoms with van der Waals surface area (Å²) in [5, 5.41) is 11.7. The van der Waals surface area contributed by atoms with Crippen LogP contribution in [0.25, 0.3) is 0 Å². The first-order chi connectivity index (χ1) is 13.2. The molecule has 0 aliphatic carbocycles. The maximum absolute atomic E-state index is 12.2. The maximum Gasteiger partial charge on any atom is 0.226 e. The first-order valence-corrected chi connectivity index (χ1v) is 10.9. The summed E-state index contributed by atoms with van der Waals surface area (Å²) >= 11 is 3.13. The van der Waals surface area contributed by atoms with Crippen molar-refractivity contribution in [2.24, 2.45) is 0 Å². The van der Waals surface area contributed by atoms with Crippen LogP contribution in [-0.4, -0.2) is 21.9 Å². The zero-order chi connectivity index (χ0) is 18.9. The number of amides is 1. The van der Waals surface area contributed by atoms with Gasteiger partial charge in [-0.15, -0.1) is 10.2 Å². The first kappa shape index (κ1) is 19.6. The molecule has 0 spiro atoms. The van der Waals surface area contributed by atoms with E-state index in [-0.39, 0.29) is 11.8 Å². The topological polar surface area (TPSA) is 54.9 Å². The summed E-state index contributed by atoms with van der Waals surface area (Å²) in [5.41, 5.74) is 2.52. The summed E-state index contributed by atoms with van der Waals surface area (Å²) in [6, 6.07) is 20.6. The molecule has 140 valence electrons. The third-order valence-electron chi connectivity index (χ3n) is 4.19. The van der Waals surface area contributed by atoms with Gasteiger partial charge in [-0.3, -0.25) is 4.79 Å². The van der Waals surface area contributed by atoms with Gasteiger partial charge in [0.05, 0.1) is 0 Å². The smallest absolute Gasteiger partial charge is 0.226 e. The van der Waals surface area contributed by atoms with Crippen molar-refractivity contribution in [3.05, 3.63) is 71.8 Å². The largest absolute Gasteiger partial charge is 0.300 e. The molecule has 0 aliphatic rings. The minimum Gasteiger partial charge on any atom is -0.300 e. The van der Waals surface area contributed by atoms with Gasteiger partial charge in [-0.1, -0.05) is 90.7 Å². The molecule has 0 radical (unpaired) electrons. The number of anilines is 1. The molecule has 3 rings (SSSR count). The Bertz CT molecular complexity index is 837. The molecule has 2 aromatic carbocycles. The predicted molar refractivity (Wildman–Crippen MR) is 113 cm³/mol. The number of carbonyl (C=O) groups is 1. The monoisotopic (exact) mass is 397 g/mol. The number of aryl methyl sites for hydroxylation is 1. The van der Waals surface area contributed by atoms with E-state index in [2.05, 4.69) is 46.7 Å². The van der Waals surface area contributed by atoms with E-state index >= 15 is 0 Å². The highest BCUT2D eigenvalue weighted by molar-refractivity contribution is 8.01. The van der Waals surface area contributed by atoms with E-state index in [1.165, 1.54) is 22.5 Å².